The van der Waals surface area contributed by atoms with Crippen molar-refractivity contribution in [3.63, 3.8) is 0 Å². The molecule has 1 N–H and O–H groups in total. The van der Waals surface area contributed by atoms with Gasteiger partial charge in [0.15, 0.2) is 0 Å². The monoisotopic (exact) mass is 256 g/mol. The SMILES string of the molecule is O=C(O)c1nc(CN2C(=O)COCC2=O)cs1. The van der Waals surface area contributed by atoms with Crippen molar-refractivity contribution < 1.29 is 24.2 Å². The second-order valence-corrected chi connectivity index (χ2v) is 4.17. The third-order valence-electron chi connectivity index (χ3n) is 2.11. The van der Waals surface area contributed by atoms with E-state index >= 15 is 0 Å². The molecule has 1 saturated heterocycles. The van der Waals surface area contributed by atoms with Crippen molar-refractivity contribution in [2.75, 3.05) is 13.2 Å². The van der Waals surface area contributed by atoms with Crippen molar-refractivity contribution >= 4 is 29.1 Å². The van der Waals surface area contributed by atoms with Crippen LogP contribution in [0, 0.1) is 0 Å². The topological polar surface area (TPSA) is 96.8 Å². The summed E-state index contributed by atoms with van der Waals surface area (Å²) in [5.41, 5.74) is 0.385. The molecule has 1 fully saturated rings. The first-order valence-corrected chi connectivity index (χ1v) is 5.54. The van der Waals surface area contributed by atoms with Crippen molar-refractivity contribution in [2.45, 2.75) is 6.54 Å². The van der Waals surface area contributed by atoms with Crippen LogP contribution in [-0.4, -0.2) is 46.0 Å². The first-order valence-electron chi connectivity index (χ1n) is 4.66. The van der Waals surface area contributed by atoms with Crippen molar-refractivity contribution in [3.05, 3.63) is 16.1 Å². The van der Waals surface area contributed by atoms with E-state index in [-0.39, 0.29) is 24.8 Å². The lowest BCUT2D eigenvalue weighted by Crippen LogP contribution is -2.45. The number of carboxylic acid groups (broad SMARTS) is 1. The van der Waals surface area contributed by atoms with Gasteiger partial charge in [-0.1, -0.05) is 0 Å². The lowest BCUT2D eigenvalue weighted by Gasteiger charge is -2.23. The fourth-order valence-corrected chi connectivity index (χ4v) is 1.98. The Kier molecular flexibility index (Phi) is 3.16. The normalized spacial score (nSPS) is 16.4. The number of amides is 2. The summed E-state index contributed by atoms with van der Waals surface area (Å²) in [5, 5.41) is 10.1. The molecule has 0 aromatic carbocycles. The summed E-state index contributed by atoms with van der Waals surface area (Å²) in [6.07, 6.45) is 0. The number of thiazole rings is 1. The second-order valence-electron chi connectivity index (χ2n) is 3.32. The second kappa shape index (κ2) is 4.60. The molecular weight excluding hydrogens is 248 g/mol. The van der Waals surface area contributed by atoms with E-state index in [1.54, 1.807) is 0 Å². The quantitative estimate of drug-likeness (QED) is 0.747. The smallest absolute Gasteiger partial charge is 0.365 e. The zero-order valence-corrected chi connectivity index (χ0v) is 9.40. The van der Waals surface area contributed by atoms with Gasteiger partial charge in [0.25, 0.3) is 11.8 Å². The van der Waals surface area contributed by atoms with Crippen molar-refractivity contribution in [1.29, 1.82) is 0 Å². The molecule has 1 aliphatic rings. The van der Waals surface area contributed by atoms with Crippen LogP contribution in [0.1, 0.15) is 15.5 Å². The highest BCUT2D eigenvalue weighted by molar-refractivity contribution is 7.11. The van der Waals surface area contributed by atoms with E-state index in [1.807, 2.05) is 0 Å². The summed E-state index contributed by atoms with van der Waals surface area (Å²) in [7, 11) is 0. The molecule has 2 heterocycles. The summed E-state index contributed by atoms with van der Waals surface area (Å²) >= 11 is 0.958. The molecule has 2 amide bonds. The van der Waals surface area contributed by atoms with Crippen LogP contribution in [-0.2, 0) is 20.9 Å². The number of morpholine rings is 1. The minimum absolute atomic E-state index is 0.00912. The fraction of sp³-hybridized carbons (Fsp3) is 0.333. The summed E-state index contributed by atoms with van der Waals surface area (Å²) in [6.45, 7) is -0.284. The molecular formula is C9H8N2O5S. The van der Waals surface area contributed by atoms with Crippen LogP contribution < -0.4 is 0 Å². The molecule has 0 saturated carbocycles. The summed E-state index contributed by atoms with van der Waals surface area (Å²) < 4.78 is 4.75. The number of nitrogens with zero attached hydrogens (tertiary/aromatic N) is 2. The van der Waals surface area contributed by atoms with Gasteiger partial charge in [0, 0.05) is 5.38 Å². The molecule has 0 spiro atoms. The van der Waals surface area contributed by atoms with Gasteiger partial charge in [0.2, 0.25) is 5.01 Å². The Balaban J connectivity index is 2.11. The molecule has 17 heavy (non-hydrogen) atoms. The van der Waals surface area contributed by atoms with Crippen LogP contribution in [0.5, 0.6) is 0 Å². The number of carbonyl (C=O) groups excluding carboxylic acids is 2. The molecule has 2 rings (SSSR count). The van der Waals surface area contributed by atoms with Crippen LogP contribution in [0.2, 0.25) is 0 Å². The molecule has 0 aliphatic carbocycles. The number of hydrogen-bond donors (Lipinski definition) is 1. The van der Waals surface area contributed by atoms with E-state index in [0.717, 1.165) is 16.2 Å². The lowest BCUT2D eigenvalue weighted by atomic mass is 10.3. The van der Waals surface area contributed by atoms with Crippen LogP contribution >= 0.6 is 11.3 Å². The first-order chi connectivity index (χ1) is 8.08. The number of rotatable bonds is 3. The highest BCUT2D eigenvalue weighted by Crippen LogP contribution is 2.13. The van der Waals surface area contributed by atoms with Gasteiger partial charge in [-0.05, 0) is 0 Å². The van der Waals surface area contributed by atoms with Gasteiger partial charge in [-0.25, -0.2) is 9.78 Å². The maximum atomic E-state index is 11.4. The standard InChI is InChI=1S/C9H8N2O5S/c12-6-2-16-3-7(13)11(6)1-5-4-17-8(10-5)9(14)15/h4H,1-3H2,(H,14,15). The molecule has 1 aromatic heterocycles. The third kappa shape index (κ3) is 2.48. The van der Waals surface area contributed by atoms with Crippen LogP contribution in [0.25, 0.3) is 0 Å². The van der Waals surface area contributed by atoms with Gasteiger partial charge in [0.05, 0.1) is 12.2 Å². The predicted octanol–water partition coefficient (Wildman–Crippen LogP) is -0.273. The number of aromatic carboxylic acids is 1. The minimum Gasteiger partial charge on any atom is -0.476 e. The van der Waals surface area contributed by atoms with Crippen molar-refractivity contribution in [1.82, 2.24) is 9.88 Å². The Morgan fingerprint density at radius 1 is 1.47 bits per heavy atom. The molecule has 1 aliphatic heterocycles. The molecule has 1 aromatic rings. The van der Waals surface area contributed by atoms with Crippen LogP contribution in [0.3, 0.4) is 0 Å². The van der Waals surface area contributed by atoms with Crippen molar-refractivity contribution in [2.24, 2.45) is 0 Å². The summed E-state index contributed by atoms with van der Waals surface area (Å²) in [6, 6.07) is 0. The van der Waals surface area contributed by atoms with E-state index in [1.165, 1.54) is 5.38 Å². The Bertz CT molecular complexity index is 467. The van der Waals surface area contributed by atoms with E-state index in [2.05, 4.69) is 4.98 Å². The van der Waals surface area contributed by atoms with Gasteiger partial charge in [-0.15, -0.1) is 11.3 Å². The Morgan fingerprint density at radius 3 is 2.65 bits per heavy atom. The third-order valence-corrected chi connectivity index (χ3v) is 2.99. The van der Waals surface area contributed by atoms with Crippen LogP contribution in [0.4, 0.5) is 0 Å². The fourth-order valence-electron chi connectivity index (χ4n) is 1.34. The molecule has 0 atom stereocenters. The van der Waals surface area contributed by atoms with E-state index in [9.17, 15) is 14.4 Å². The first kappa shape index (κ1) is 11.7. The van der Waals surface area contributed by atoms with Gasteiger partial charge in [-0.3, -0.25) is 14.5 Å². The molecule has 7 nitrogen and oxygen atoms in total. The van der Waals surface area contributed by atoms with Gasteiger partial charge in [0.1, 0.15) is 13.2 Å². The Hall–Kier alpha value is -1.80. The maximum absolute atomic E-state index is 11.4. The Labute approximate surface area is 99.6 Å². The largest absolute Gasteiger partial charge is 0.476 e. The highest BCUT2D eigenvalue weighted by Gasteiger charge is 2.27. The molecule has 0 unspecified atom stereocenters. The van der Waals surface area contributed by atoms with Crippen LogP contribution in [0.15, 0.2) is 5.38 Å². The molecule has 0 radical (unpaired) electrons. The van der Waals surface area contributed by atoms with Gasteiger partial charge >= 0.3 is 5.97 Å². The van der Waals surface area contributed by atoms with E-state index in [0.29, 0.717) is 5.69 Å². The number of hydrogen-bond acceptors (Lipinski definition) is 6. The molecule has 8 heteroatoms. The number of imide groups is 1. The molecule has 90 valence electrons. The summed E-state index contributed by atoms with van der Waals surface area (Å²) in [5.74, 6) is -2.00. The zero-order valence-electron chi connectivity index (χ0n) is 8.58. The van der Waals surface area contributed by atoms with E-state index in [4.69, 9.17) is 9.84 Å². The number of carboxylic acids is 1. The highest BCUT2D eigenvalue weighted by atomic mass is 32.1. The lowest BCUT2D eigenvalue weighted by molar-refractivity contribution is -0.159. The van der Waals surface area contributed by atoms with Crippen molar-refractivity contribution in [3.8, 4) is 0 Å². The Morgan fingerprint density at radius 2 is 2.12 bits per heavy atom. The predicted molar refractivity (Wildman–Crippen MR) is 55.4 cm³/mol. The van der Waals surface area contributed by atoms with E-state index < -0.39 is 17.8 Å². The minimum atomic E-state index is -1.12. The average Bonchev–Trinajstić information content (AvgIpc) is 2.72. The van der Waals surface area contributed by atoms with Gasteiger partial charge < -0.3 is 9.84 Å². The number of ether oxygens (including phenoxy) is 1. The maximum Gasteiger partial charge on any atom is 0.365 e. The molecule has 0 bridgehead atoms. The zero-order chi connectivity index (χ0) is 12.4. The number of aromatic nitrogens is 1. The summed E-state index contributed by atoms with van der Waals surface area (Å²) in [4.78, 5) is 38.2. The number of carbonyl (C=O) groups is 3. The van der Waals surface area contributed by atoms with Gasteiger partial charge in [-0.2, -0.15) is 0 Å². The average molecular weight is 256 g/mol.